The second-order valence-corrected chi connectivity index (χ2v) is 6.02. The number of esters is 1. The quantitative estimate of drug-likeness (QED) is 0.457. The van der Waals surface area contributed by atoms with Crippen LogP contribution in [-0.2, 0) is 9.39 Å². The summed E-state index contributed by atoms with van der Waals surface area (Å²) >= 11 is 1.31. The Labute approximate surface area is 112 Å². The zero-order chi connectivity index (χ0) is 14.0. The molecule has 1 heterocycles. The molecule has 1 rings (SSSR count). The van der Waals surface area contributed by atoms with E-state index in [0.717, 1.165) is 5.46 Å². The molecule has 99 valence electrons. The Balaban J connectivity index is 2.65. The van der Waals surface area contributed by atoms with Crippen LogP contribution in [-0.4, -0.2) is 36.9 Å². The van der Waals surface area contributed by atoms with Crippen LogP contribution >= 0.6 is 11.3 Å². The van der Waals surface area contributed by atoms with Crippen LogP contribution in [0.2, 0.25) is 0 Å². The smallest absolute Gasteiger partial charge is 0.347 e. The van der Waals surface area contributed by atoms with Crippen molar-refractivity contribution in [3.8, 4) is 0 Å². The van der Waals surface area contributed by atoms with Gasteiger partial charge in [-0.2, -0.15) is 0 Å². The molecule has 1 radical (unpaired) electrons. The third-order valence-electron chi connectivity index (χ3n) is 3.00. The molecule has 18 heavy (non-hydrogen) atoms. The molecule has 4 nitrogen and oxygen atoms in total. The molecule has 1 aromatic heterocycles. The number of hydrogen-bond acceptors (Lipinski definition) is 4. The molecule has 0 saturated carbocycles. The first-order valence-corrected chi connectivity index (χ1v) is 6.48. The maximum absolute atomic E-state index is 11.3. The Morgan fingerprint density at radius 3 is 2.50 bits per heavy atom. The molecule has 1 aromatic rings. The van der Waals surface area contributed by atoms with Gasteiger partial charge in [0.25, 0.3) is 0 Å². The van der Waals surface area contributed by atoms with E-state index >= 15 is 0 Å². The van der Waals surface area contributed by atoms with Crippen molar-refractivity contribution in [2.45, 2.75) is 38.9 Å². The summed E-state index contributed by atoms with van der Waals surface area (Å²) in [6.45, 7) is 7.33. The first-order chi connectivity index (χ1) is 8.17. The minimum atomic E-state index is -0.718. The fourth-order valence-corrected chi connectivity index (χ4v) is 1.75. The lowest BCUT2D eigenvalue weighted by Gasteiger charge is -2.33. The first kappa shape index (κ1) is 15.2. The summed E-state index contributed by atoms with van der Waals surface area (Å²) in [5.74, 6) is -0.347. The van der Waals surface area contributed by atoms with Crippen LogP contribution in [0.1, 0.15) is 37.4 Å². The highest BCUT2D eigenvalue weighted by Crippen LogP contribution is 2.24. The molecule has 0 aliphatic carbocycles. The Hall–Kier alpha value is -0.845. The van der Waals surface area contributed by atoms with Gasteiger partial charge in [0, 0.05) is 13.8 Å². The molecule has 0 saturated heterocycles. The fraction of sp³-hybridized carbons (Fsp3) is 0.583. The lowest BCUT2D eigenvalue weighted by molar-refractivity contribution is -0.0893. The second-order valence-electron chi connectivity index (χ2n) is 5.11. The van der Waals surface area contributed by atoms with Crippen LogP contribution in [0.5, 0.6) is 0 Å². The highest BCUT2D eigenvalue weighted by molar-refractivity contribution is 7.13. The molecule has 2 N–H and O–H groups in total. The van der Waals surface area contributed by atoms with Gasteiger partial charge in [0.2, 0.25) is 0 Å². The third kappa shape index (κ3) is 3.57. The average Bonchev–Trinajstić information content (AvgIpc) is 2.72. The summed E-state index contributed by atoms with van der Waals surface area (Å²) < 4.78 is 10.3. The predicted molar refractivity (Wildman–Crippen MR) is 73.9 cm³/mol. The normalized spacial score (nSPS) is 12.3. The van der Waals surface area contributed by atoms with Gasteiger partial charge in [-0.3, -0.25) is 0 Å². The van der Waals surface area contributed by atoms with Crippen molar-refractivity contribution < 1.29 is 19.3 Å². The minimum Gasteiger partial charge on any atom is -0.465 e. The van der Waals surface area contributed by atoms with E-state index in [1.54, 1.807) is 27.4 Å². The molecule has 6 heteroatoms. The lowest BCUT2D eigenvalue weighted by Crippen LogP contribution is -2.49. The summed E-state index contributed by atoms with van der Waals surface area (Å²) in [4.78, 5) is 11.8. The van der Waals surface area contributed by atoms with Crippen LogP contribution in [0.3, 0.4) is 0 Å². The lowest BCUT2D eigenvalue weighted by atomic mass is 9.84. The van der Waals surface area contributed by atoms with Crippen LogP contribution < -0.4 is 5.46 Å². The fourth-order valence-electron chi connectivity index (χ4n) is 0.983. The van der Waals surface area contributed by atoms with E-state index in [1.807, 2.05) is 19.2 Å². The van der Waals surface area contributed by atoms with Crippen molar-refractivity contribution >= 4 is 30.3 Å². The summed E-state index contributed by atoms with van der Waals surface area (Å²) in [7, 11) is 2.94. The van der Waals surface area contributed by atoms with Crippen LogP contribution in [0.4, 0.5) is 0 Å². The van der Waals surface area contributed by atoms with E-state index in [0.29, 0.717) is 4.88 Å². The van der Waals surface area contributed by atoms with Gasteiger partial charge in [-0.05, 0) is 30.8 Å². The molecule has 0 aromatic carbocycles. The van der Waals surface area contributed by atoms with Gasteiger partial charge < -0.3 is 14.5 Å². The molecule has 0 amide bonds. The van der Waals surface area contributed by atoms with Crippen molar-refractivity contribution in [3.63, 3.8) is 0 Å². The third-order valence-corrected chi connectivity index (χ3v) is 3.93. The van der Waals surface area contributed by atoms with Crippen LogP contribution in [0, 0.1) is 0 Å². The monoisotopic (exact) mass is 270 g/mol. The number of hydrogen-bond donors (Lipinski definition) is 0. The van der Waals surface area contributed by atoms with Crippen LogP contribution in [0.25, 0.3) is 0 Å². The first-order valence-electron chi connectivity index (χ1n) is 5.60. The Morgan fingerprint density at radius 1 is 1.39 bits per heavy atom. The summed E-state index contributed by atoms with van der Waals surface area (Å²) in [6, 6.07) is 1.71. The van der Waals surface area contributed by atoms with E-state index in [9.17, 15) is 4.79 Å². The van der Waals surface area contributed by atoms with Crippen molar-refractivity contribution in [2.24, 2.45) is 0 Å². The van der Waals surface area contributed by atoms with Gasteiger partial charge in [0.15, 0.2) is 5.60 Å². The van der Waals surface area contributed by atoms with Crippen molar-refractivity contribution in [1.82, 2.24) is 0 Å². The zero-order valence-electron chi connectivity index (χ0n) is 11.4. The van der Waals surface area contributed by atoms with Gasteiger partial charge >= 0.3 is 13.5 Å². The summed E-state index contributed by atoms with van der Waals surface area (Å²) in [5, 5.41) is 9.81. The predicted octanol–water partition coefficient (Wildman–Crippen LogP) is 1.08. The Kier molecular flexibility index (Phi) is 4.58. The van der Waals surface area contributed by atoms with Gasteiger partial charge in [0.1, 0.15) is 10.5 Å². The molecular weight excluding hydrogens is 251 g/mol. The maximum atomic E-state index is 11.3. The van der Waals surface area contributed by atoms with Gasteiger partial charge in [-0.25, -0.2) is 4.79 Å². The number of methoxy groups -OCH3 is 1. The highest BCUT2D eigenvalue weighted by atomic mass is 32.1. The Bertz CT molecular complexity index is 420. The largest absolute Gasteiger partial charge is 0.465 e. The molecule has 0 aliphatic rings. The molecular formula is C12H19BO4S+. The number of carbonyl (C=O) groups is 1. The number of rotatable bonds is 5. The topological polar surface area (TPSA) is 58.4 Å². The summed E-state index contributed by atoms with van der Waals surface area (Å²) in [5.41, 5.74) is -0.525. The zero-order valence-corrected chi connectivity index (χ0v) is 12.2. The second kappa shape index (κ2) is 5.42. The summed E-state index contributed by atoms with van der Waals surface area (Å²) in [6.07, 6.45) is 0. The van der Waals surface area contributed by atoms with E-state index in [1.165, 1.54) is 18.4 Å². The van der Waals surface area contributed by atoms with Crippen molar-refractivity contribution in [3.05, 3.63) is 16.3 Å². The molecule has 0 spiro atoms. The van der Waals surface area contributed by atoms with Crippen LogP contribution in [0.15, 0.2) is 11.4 Å². The Morgan fingerprint density at radius 2 is 2.00 bits per heavy atom. The maximum Gasteiger partial charge on any atom is 0.347 e. The number of carbonyl (C=O) groups excluding carboxylic acids is 1. The molecule has 0 fully saturated rings. The number of ether oxygens (including phenoxy) is 1. The van der Waals surface area contributed by atoms with E-state index in [-0.39, 0.29) is 5.97 Å². The van der Waals surface area contributed by atoms with E-state index in [4.69, 9.17) is 9.76 Å². The SMILES string of the molecule is COC(=O)c1cc([B]OC(C)(C)C(C)(C)[OH2+])cs1. The highest BCUT2D eigenvalue weighted by Gasteiger charge is 2.40. The minimum absolute atomic E-state index is 0.347. The molecule has 0 unspecified atom stereocenters. The standard InChI is InChI=1S/C12H18BO4S/c1-11(2,15)12(3,4)17-13-8-6-9(18-7-8)10(14)16-5/h6-7,15H,1-5H3/p+1. The molecule has 0 bridgehead atoms. The average molecular weight is 270 g/mol. The van der Waals surface area contributed by atoms with Crippen molar-refractivity contribution in [2.75, 3.05) is 7.11 Å². The van der Waals surface area contributed by atoms with Crippen molar-refractivity contribution in [1.29, 1.82) is 0 Å². The van der Waals surface area contributed by atoms with Gasteiger partial charge in [-0.15, -0.1) is 11.3 Å². The molecule has 0 atom stereocenters. The van der Waals surface area contributed by atoms with E-state index in [2.05, 4.69) is 4.74 Å². The van der Waals surface area contributed by atoms with Gasteiger partial charge in [-0.1, -0.05) is 0 Å². The number of thiophene rings is 1. The van der Waals surface area contributed by atoms with Gasteiger partial charge in [0.05, 0.1) is 7.11 Å². The molecule has 0 aliphatic heterocycles. The van der Waals surface area contributed by atoms with E-state index < -0.39 is 11.2 Å².